The monoisotopic (exact) mass is 613 g/mol. The summed E-state index contributed by atoms with van der Waals surface area (Å²) in [6, 6.07) is 17.0. The molecule has 222 valence electrons. The Morgan fingerprint density at radius 1 is 1.07 bits per heavy atom. The van der Waals surface area contributed by atoms with Crippen LogP contribution in [0.25, 0.3) is 4.85 Å². The van der Waals surface area contributed by atoms with Crippen molar-refractivity contribution < 1.29 is 31.7 Å². The first-order chi connectivity index (χ1) is 20.1. The zero-order chi connectivity index (χ0) is 30.5. The number of benzene rings is 2. The van der Waals surface area contributed by atoms with Crippen molar-refractivity contribution in [2.45, 2.75) is 20.0 Å². The van der Waals surface area contributed by atoms with Crippen LogP contribution in [0.4, 0.5) is 21.4 Å². The van der Waals surface area contributed by atoms with Crippen molar-refractivity contribution in [1.82, 2.24) is 0 Å². The number of aliphatic hydroxyl groups excluding tert-OH is 1. The van der Waals surface area contributed by atoms with Gasteiger partial charge in [0.15, 0.2) is 0 Å². The Bertz CT molecular complexity index is 1550. The maximum Gasteiger partial charge on any atom is 0.397 e. The molecule has 0 aliphatic heterocycles. The zero-order valence-electron chi connectivity index (χ0n) is 23.1. The van der Waals surface area contributed by atoms with Crippen LogP contribution in [0.1, 0.15) is 28.4 Å². The summed E-state index contributed by atoms with van der Waals surface area (Å²) >= 11 is 1.13. The van der Waals surface area contributed by atoms with Gasteiger partial charge in [0.25, 0.3) is 0 Å². The van der Waals surface area contributed by atoms with E-state index in [1.807, 2.05) is 60.4 Å². The number of nitrogens with zero attached hydrogens (tertiary/aromatic N) is 5. The van der Waals surface area contributed by atoms with E-state index in [-0.39, 0.29) is 26.4 Å². The van der Waals surface area contributed by atoms with Crippen molar-refractivity contribution in [3.8, 4) is 6.07 Å². The average molecular weight is 614 g/mol. The molecule has 1 heterocycles. The second-order valence-electron chi connectivity index (χ2n) is 8.95. The summed E-state index contributed by atoms with van der Waals surface area (Å²) < 4.78 is 44.7. The summed E-state index contributed by atoms with van der Waals surface area (Å²) in [5.74, 6) is 0. The van der Waals surface area contributed by atoms with E-state index in [4.69, 9.17) is 20.6 Å². The molecule has 3 rings (SSSR count). The molecular formula is C28H31N5O7S2. The highest BCUT2D eigenvalue weighted by molar-refractivity contribution is 7.80. The summed E-state index contributed by atoms with van der Waals surface area (Å²) in [6.45, 7) is 12.1. The first-order valence-electron chi connectivity index (χ1n) is 12.8. The number of ether oxygens (including phenoxy) is 2. The fourth-order valence-corrected chi connectivity index (χ4v) is 5.00. The summed E-state index contributed by atoms with van der Waals surface area (Å²) in [5, 5.41) is 29.8. The fraction of sp³-hybridized carbons (Fsp3) is 0.357. The third-order valence-corrected chi connectivity index (χ3v) is 7.56. The van der Waals surface area contributed by atoms with Gasteiger partial charge in [-0.25, -0.2) is 9.03 Å². The van der Waals surface area contributed by atoms with Crippen LogP contribution >= 0.6 is 11.3 Å². The average Bonchev–Trinajstić information content (AvgIpc) is 3.28. The van der Waals surface area contributed by atoms with E-state index in [1.165, 1.54) is 0 Å². The van der Waals surface area contributed by atoms with E-state index in [1.54, 1.807) is 6.92 Å². The SMILES string of the molecule is [C-]#[N+]c1sc(N=Nc2ccc(N(CCOCCOCCOS(=O)(=O)O)CC(O)c3ccccc3)cc2C)c(C#N)c1C. The van der Waals surface area contributed by atoms with Crippen LogP contribution in [0.5, 0.6) is 0 Å². The lowest BCUT2D eigenvalue weighted by Gasteiger charge is -2.28. The lowest BCUT2D eigenvalue weighted by molar-refractivity contribution is 0.0374. The van der Waals surface area contributed by atoms with Gasteiger partial charge in [0.2, 0.25) is 5.00 Å². The number of thiophene rings is 1. The minimum absolute atomic E-state index is 0.0217. The summed E-state index contributed by atoms with van der Waals surface area (Å²) in [5.41, 5.74) is 4.00. The van der Waals surface area contributed by atoms with Crippen LogP contribution in [0.2, 0.25) is 0 Å². The predicted molar refractivity (Wildman–Crippen MR) is 158 cm³/mol. The van der Waals surface area contributed by atoms with Crippen LogP contribution in [0.3, 0.4) is 0 Å². The Labute approximate surface area is 249 Å². The number of rotatable bonds is 16. The minimum atomic E-state index is -4.49. The Kier molecular flexibility index (Phi) is 12.5. The number of hydrogen-bond acceptors (Lipinski definition) is 11. The van der Waals surface area contributed by atoms with Gasteiger partial charge < -0.3 is 19.5 Å². The van der Waals surface area contributed by atoms with Crippen molar-refractivity contribution in [3.05, 3.63) is 82.2 Å². The summed E-state index contributed by atoms with van der Waals surface area (Å²) in [6.07, 6.45) is -0.750. The van der Waals surface area contributed by atoms with Crippen LogP contribution in [0, 0.1) is 31.8 Å². The second kappa shape index (κ2) is 16.1. The van der Waals surface area contributed by atoms with E-state index >= 15 is 0 Å². The molecule has 0 saturated heterocycles. The van der Waals surface area contributed by atoms with Gasteiger partial charge >= 0.3 is 10.4 Å². The molecule has 0 saturated carbocycles. The molecule has 3 aromatic rings. The highest BCUT2D eigenvalue weighted by Crippen LogP contribution is 2.41. The molecule has 1 unspecified atom stereocenters. The van der Waals surface area contributed by atoms with Gasteiger partial charge in [-0.15, -0.1) is 21.6 Å². The molecule has 0 radical (unpaired) electrons. The van der Waals surface area contributed by atoms with Crippen LogP contribution < -0.4 is 4.90 Å². The molecule has 0 amide bonds. The number of aryl methyl sites for hydroxylation is 1. The molecule has 42 heavy (non-hydrogen) atoms. The molecule has 1 atom stereocenters. The van der Waals surface area contributed by atoms with Crippen LogP contribution in [0.15, 0.2) is 58.8 Å². The highest BCUT2D eigenvalue weighted by Gasteiger charge is 2.17. The van der Waals surface area contributed by atoms with E-state index in [0.29, 0.717) is 46.5 Å². The van der Waals surface area contributed by atoms with Crippen molar-refractivity contribution in [3.63, 3.8) is 0 Å². The maximum atomic E-state index is 10.9. The van der Waals surface area contributed by atoms with E-state index in [9.17, 15) is 18.8 Å². The summed E-state index contributed by atoms with van der Waals surface area (Å²) in [4.78, 5) is 5.44. The lowest BCUT2D eigenvalue weighted by atomic mass is 10.1. The van der Waals surface area contributed by atoms with Gasteiger partial charge in [-0.2, -0.15) is 13.7 Å². The normalized spacial score (nSPS) is 12.2. The van der Waals surface area contributed by atoms with Gasteiger partial charge in [0.05, 0.1) is 57.0 Å². The first kappa shape index (κ1) is 32.8. The Balaban J connectivity index is 1.66. The van der Waals surface area contributed by atoms with Crippen molar-refractivity contribution in [2.75, 3.05) is 51.0 Å². The molecule has 12 nitrogen and oxygen atoms in total. The van der Waals surface area contributed by atoms with Crippen molar-refractivity contribution in [1.29, 1.82) is 5.26 Å². The molecule has 0 aliphatic rings. The number of hydrogen-bond donors (Lipinski definition) is 2. The Morgan fingerprint density at radius 2 is 1.76 bits per heavy atom. The minimum Gasteiger partial charge on any atom is -0.387 e. The lowest BCUT2D eigenvalue weighted by Crippen LogP contribution is -2.32. The Hall–Kier alpha value is -3.73. The van der Waals surface area contributed by atoms with Gasteiger partial charge in [0.1, 0.15) is 11.1 Å². The highest BCUT2D eigenvalue weighted by atomic mass is 32.3. The predicted octanol–water partition coefficient (Wildman–Crippen LogP) is 5.60. The zero-order valence-corrected chi connectivity index (χ0v) is 24.8. The Morgan fingerprint density at radius 3 is 2.40 bits per heavy atom. The van der Waals surface area contributed by atoms with Crippen molar-refractivity contribution in [2.24, 2.45) is 10.2 Å². The maximum absolute atomic E-state index is 10.9. The second-order valence-corrected chi connectivity index (χ2v) is 11.0. The van der Waals surface area contributed by atoms with Gasteiger partial charge in [0, 0.05) is 18.8 Å². The quantitative estimate of drug-likeness (QED) is 0.0908. The first-order valence-corrected chi connectivity index (χ1v) is 15.0. The third-order valence-electron chi connectivity index (χ3n) is 6.03. The number of azo groups is 1. The number of anilines is 1. The largest absolute Gasteiger partial charge is 0.397 e. The van der Waals surface area contributed by atoms with Gasteiger partial charge in [-0.05, 0) is 48.7 Å². The van der Waals surface area contributed by atoms with Crippen LogP contribution in [-0.2, 0) is 24.1 Å². The van der Waals surface area contributed by atoms with E-state index < -0.39 is 16.5 Å². The molecule has 2 N–H and O–H groups in total. The topological polar surface area (TPSA) is 158 Å². The van der Waals surface area contributed by atoms with Gasteiger partial charge in [-0.3, -0.25) is 4.55 Å². The van der Waals surface area contributed by atoms with Crippen LogP contribution in [-0.4, -0.2) is 64.2 Å². The molecule has 14 heteroatoms. The summed E-state index contributed by atoms with van der Waals surface area (Å²) in [7, 11) is -4.49. The smallest absolute Gasteiger partial charge is 0.387 e. The number of aliphatic hydroxyl groups is 1. The van der Waals surface area contributed by atoms with E-state index in [2.05, 4.69) is 25.3 Å². The molecule has 2 aromatic carbocycles. The molecule has 0 fully saturated rings. The molecule has 0 bridgehead atoms. The molecular weight excluding hydrogens is 582 g/mol. The fourth-order valence-electron chi connectivity index (χ4n) is 3.85. The number of nitriles is 1. The molecule has 1 aromatic heterocycles. The molecule has 0 spiro atoms. The van der Waals surface area contributed by atoms with Crippen molar-refractivity contribution >= 4 is 43.1 Å². The third kappa shape index (κ3) is 9.97. The molecule has 0 aliphatic carbocycles. The van der Waals surface area contributed by atoms with Gasteiger partial charge in [-0.1, -0.05) is 30.3 Å². The standard InChI is InChI=1S/C28H31N5O7S2/c1-20-17-23(9-10-25(20)31-32-28-24(18-29)21(2)27(30-3)41-28)33(19-26(34)22-7-5-4-6-8-22)11-12-38-13-14-39-15-16-40-42(35,36)37/h4-10,17,26,34H,11-16,19H2,1-2H3,(H,35,36,37). The van der Waals surface area contributed by atoms with E-state index in [0.717, 1.165) is 28.2 Å².